The molecule has 0 saturated carbocycles. The van der Waals surface area contributed by atoms with Gasteiger partial charge < -0.3 is 25.2 Å². The van der Waals surface area contributed by atoms with E-state index < -0.39 is 6.04 Å². The van der Waals surface area contributed by atoms with E-state index in [2.05, 4.69) is 10.6 Å². The third-order valence-corrected chi connectivity index (χ3v) is 4.12. The van der Waals surface area contributed by atoms with Crippen molar-refractivity contribution in [2.45, 2.75) is 19.0 Å². The molecule has 138 valence electrons. The maximum Gasteiger partial charge on any atom is 0.237 e. The number of rotatable bonds is 8. The van der Waals surface area contributed by atoms with Gasteiger partial charge in [-0.3, -0.25) is 14.5 Å². The van der Waals surface area contributed by atoms with Crippen molar-refractivity contribution >= 4 is 11.8 Å². The minimum Gasteiger partial charge on any atom is -0.497 e. The number of piperazine rings is 1. The van der Waals surface area contributed by atoms with Crippen LogP contribution in [-0.2, 0) is 16.1 Å². The molecule has 1 saturated heterocycles. The average Bonchev–Trinajstić information content (AvgIpc) is 2.63. The summed E-state index contributed by atoms with van der Waals surface area (Å²) in [7, 11) is 3.17. The third-order valence-electron chi connectivity index (χ3n) is 4.12. The van der Waals surface area contributed by atoms with Crippen LogP contribution >= 0.6 is 0 Å². The molecule has 0 aliphatic carbocycles. The first-order valence-electron chi connectivity index (χ1n) is 8.19. The molecule has 0 aromatic heterocycles. The van der Waals surface area contributed by atoms with Crippen molar-refractivity contribution in [3.63, 3.8) is 0 Å². The lowest BCUT2D eigenvalue weighted by atomic mass is 10.1. The molecule has 8 heteroatoms. The SMILES string of the molecule is COc1ccc(CN2CCNC(=O)[C@@H]2CC(=O)NCCO)c(OC)c1. The normalized spacial score (nSPS) is 17.7. The Bertz CT molecular complexity index is 608. The van der Waals surface area contributed by atoms with Crippen molar-refractivity contribution in [3.8, 4) is 11.5 Å². The number of benzene rings is 1. The summed E-state index contributed by atoms with van der Waals surface area (Å²) < 4.78 is 10.6. The van der Waals surface area contributed by atoms with E-state index in [-0.39, 0.29) is 31.4 Å². The van der Waals surface area contributed by atoms with Crippen LogP contribution in [0.2, 0.25) is 0 Å². The Labute approximate surface area is 147 Å². The smallest absolute Gasteiger partial charge is 0.237 e. The van der Waals surface area contributed by atoms with Crippen LogP contribution in [-0.4, -0.2) is 68.3 Å². The predicted octanol–water partition coefficient (Wildman–Crippen LogP) is -0.497. The minimum atomic E-state index is -0.556. The molecule has 1 heterocycles. The first-order chi connectivity index (χ1) is 12.1. The van der Waals surface area contributed by atoms with E-state index >= 15 is 0 Å². The van der Waals surface area contributed by atoms with Gasteiger partial charge in [-0.2, -0.15) is 0 Å². The Kier molecular flexibility index (Phi) is 7.03. The van der Waals surface area contributed by atoms with Gasteiger partial charge in [0.15, 0.2) is 0 Å². The lowest BCUT2D eigenvalue weighted by Crippen LogP contribution is -2.56. The van der Waals surface area contributed by atoms with Crippen LogP contribution in [0.4, 0.5) is 0 Å². The van der Waals surface area contributed by atoms with Crippen molar-refractivity contribution in [1.29, 1.82) is 0 Å². The molecule has 0 spiro atoms. The molecule has 1 aliphatic heterocycles. The molecule has 1 fully saturated rings. The third kappa shape index (κ3) is 5.07. The summed E-state index contributed by atoms with van der Waals surface area (Å²) in [6.45, 7) is 1.71. The second-order valence-corrected chi connectivity index (χ2v) is 5.73. The highest BCUT2D eigenvalue weighted by Gasteiger charge is 2.32. The van der Waals surface area contributed by atoms with E-state index in [9.17, 15) is 9.59 Å². The van der Waals surface area contributed by atoms with Crippen LogP contribution in [0.15, 0.2) is 18.2 Å². The van der Waals surface area contributed by atoms with Crippen molar-refractivity contribution < 1.29 is 24.2 Å². The number of hydrogen-bond donors (Lipinski definition) is 3. The maximum atomic E-state index is 12.2. The summed E-state index contributed by atoms with van der Waals surface area (Å²) in [4.78, 5) is 26.1. The Morgan fingerprint density at radius 1 is 1.40 bits per heavy atom. The lowest BCUT2D eigenvalue weighted by Gasteiger charge is -2.35. The molecule has 0 unspecified atom stereocenters. The van der Waals surface area contributed by atoms with E-state index in [1.807, 2.05) is 17.0 Å². The molecular weight excluding hydrogens is 326 g/mol. The Morgan fingerprint density at radius 2 is 2.20 bits per heavy atom. The number of ether oxygens (including phenoxy) is 2. The summed E-state index contributed by atoms with van der Waals surface area (Å²) in [5, 5.41) is 14.2. The number of aliphatic hydroxyl groups is 1. The number of hydrogen-bond acceptors (Lipinski definition) is 6. The predicted molar refractivity (Wildman–Crippen MR) is 91.5 cm³/mol. The largest absolute Gasteiger partial charge is 0.497 e. The van der Waals surface area contributed by atoms with E-state index in [0.29, 0.717) is 31.1 Å². The van der Waals surface area contributed by atoms with Gasteiger partial charge in [0.25, 0.3) is 0 Å². The van der Waals surface area contributed by atoms with Crippen LogP contribution in [0.1, 0.15) is 12.0 Å². The van der Waals surface area contributed by atoms with E-state index in [0.717, 1.165) is 5.56 Å². The van der Waals surface area contributed by atoms with Crippen LogP contribution in [0.25, 0.3) is 0 Å². The quantitative estimate of drug-likeness (QED) is 0.584. The van der Waals surface area contributed by atoms with Gasteiger partial charge in [0, 0.05) is 37.8 Å². The molecule has 1 aliphatic rings. The number of amides is 2. The summed E-state index contributed by atoms with van der Waals surface area (Å²) in [5.41, 5.74) is 0.916. The van der Waals surface area contributed by atoms with Gasteiger partial charge in [-0.15, -0.1) is 0 Å². The number of carbonyl (C=O) groups is 2. The highest BCUT2D eigenvalue weighted by Crippen LogP contribution is 2.27. The summed E-state index contributed by atoms with van der Waals surface area (Å²) >= 11 is 0. The van der Waals surface area contributed by atoms with Crippen LogP contribution < -0.4 is 20.1 Å². The Hall–Kier alpha value is -2.32. The first kappa shape index (κ1) is 19.0. The second-order valence-electron chi connectivity index (χ2n) is 5.73. The molecule has 1 atom stereocenters. The average molecular weight is 351 g/mol. The van der Waals surface area contributed by atoms with Gasteiger partial charge in [0.2, 0.25) is 11.8 Å². The zero-order valence-corrected chi connectivity index (χ0v) is 14.6. The molecule has 0 radical (unpaired) electrons. The van der Waals surface area contributed by atoms with E-state index in [1.165, 1.54) is 0 Å². The molecule has 3 N–H and O–H groups in total. The molecule has 1 aromatic carbocycles. The number of aliphatic hydroxyl groups excluding tert-OH is 1. The van der Waals surface area contributed by atoms with Crippen molar-refractivity contribution in [2.24, 2.45) is 0 Å². The molecule has 2 rings (SSSR count). The summed E-state index contributed by atoms with van der Waals surface area (Å²) in [5.74, 6) is 0.936. The fourth-order valence-electron chi connectivity index (χ4n) is 2.82. The highest BCUT2D eigenvalue weighted by atomic mass is 16.5. The second kappa shape index (κ2) is 9.24. The molecule has 1 aromatic rings. The standard InChI is InChI=1S/C17H25N3O5/c1-24-13-4-3-12(15(9-13)25-2)11-20-7-5-19-17(23)14(20)10-16(22)18-6-8-21/h3-4,9,14,21H,5-8,10-11H2,1-2H3,(H,18,22)(H,19,23)/t14-/m0/s1. The Morgan fingerprint density at radius 3 is 2.88 bits per heavy atom. The maximum absolute atomic E-state index is 12.2. The number of methoxy groups -OCH3 is 2. The Balaban J connectivity index is 2.12. The van der Waals surface area contributed by atoms with Gasteiger partial charge in [-0.05, 0) is 6.07 Å². The lowest BCUT2D eigenvalue weighted by molar-refractivity contribution is -0.134. The molecule has 8 nitrogen and oxygen atoms in total. The van der Waals surface area contributed by atoms with Crippen LogP contribution in [0.5, 0.6) is 11.5 Å². The minimum absolute atomic E-state index is 0.0459. The van der Waals surface area contributed by atoms with Gasteiger partial charge in [-0.25, -0.2) is 0 Å². The zero-order valence-electron chi connectivity index (χ0n) is 14.6. The van der Waals surface area contributed by atoms with E-state index in [4.69, 9.17) is 14.6 Å². The van der Waals surface area contributed by atoms with Crippen LogP contribution in [0.3, 0.4) is 0 Å². The highest BCUT2D eigenvalue weighted by molar-refractivity contribution is 5.88. The molecule has 2 amide bonds. The number of carbonyl (C=O) groups excluding carboxylic acids is 2. The van der Waals surface area contributed by atoms with Crippen LogP contribution in [0, 0.1) is 0 Å². The molecule has 25 heavy (non-hydrogen) atoms. The fourth-order valence-corrected chi connectivity index (χ4v) is 2.82. The number of nitrogens with zero attached hydrogens (tertiary/aromatic N) is 1. The first-order valence-corrected chi connectivity index (χ1v) is 8.19. The van der Waals surface area contributed by atoms with Crippen molar-refractivity contribution in [3.05, 3.63) is 23.8 Å². The van der Waals surface area contributed by atoms with Gasteiger partial charge >= 0.3 is 0 Å². The van der Waals surface area contributed by atoms with Gasteiger partial charge in [0.05, 0.1) is 33.3 Å². The molecular formula is C17H25N3O5. The summed E-state index contributed by atoms with van der Waals surface area (Å²) in [6, 6.07) is 4.97. The van der Waals surface area contributed by atoms with E-state index in [1.54, 1.807) is 20.3 Å². The van der Waals surface area contributed by atoms with Gasteiger partial charge in [-0.1, -0.05) is 6.07 Å². The topological polar surface area (TPSA) is 100 Å². The summed E-state index contributed by atoms with van der Waals surface area (Å²) in [6.07, 6.45) is 0.0459. The zero-order chi connectivity index (χ0) is 18.2. The monoisotopic (exact) mass is 351 g/mol. The molecule has 0 bridgehead atoms. The van der Waals surface area contributed by atoms with Crippen molar-refractivity contribution in [1.82, 2.24) is 15.5 Å². The fraction of sp³-hybridized carbons (Fsp3) is 0.529. The number of nitrogens with one attached hydrogen (secondary N) is 2. The van der Waals surface area contributed by atoms with Crippen molar-refractivity contribution in [2.75, 3.05) is 40.5 Å². The van der Waals surface area contributed by atoms with Gasteiger partial charge in [0.1, 0.15) is 11.5 Å².